The van der Waals surface area contributed by atoms with Crippen LogP contribution in [0.5, 0.6) is 0 Å². The van der Waals surface area contributed by atoms with Gasteiger partial charge in [-0.3, -0.25) is 38.6 Å². The lowest BCUT2D eigenvalue weighted by Crippen LogP contribution is -2.59. The highest BCUT2D eigenvalue weighted by Gasteiger charge is 2.38. The van der Waals surface area contributed by atoms with E-state index in [0.717, 1.165) is 10.5 Å². The first-order valence-electron chi connectivity index (χ1n) is 24.5. The molecule has 1 aromatic carbocycles. The van der Waals surface area contributed by atoms with Gasteiger partial charge in [-0.05, 0) is 69.3 Å². The SMILES string of the molecule is C=C1C(=O)N[C@H](CC(C)C)C(=O)N[C@@H](CC(C)C)C(=O)N[C@@H](C(=O)O)[C@H](C)C(=O)N[C@@H](CCCN=C(N)N)C(=O)N[C@@H](/C=C/C(C)=C/C[C@H](Cc2ccccc2)OC)[C@H](C)C(=O)N[C@@H](C(=O)O)CCC(=O)N1C. The summed E-state index contributed by atoms with van der Waals surface area (Å²) in [7, 11) is 2.83. The third-order valence-electron chi connectivity index (χ3n) is 12.2. The fraction of sp³-hybridized carbons (Fsp3) is 0.569. The number of likely N-dealkylation sites (N-methyl/N-ethyl adjacent to an activating group) is 1. The van der Waals surface area contributed by atoms with Crippen molar-refractivity contribution in [1.82, 2.24) is 36.8 Å². The van der Waals surface area contributed by atoms with Crippen LogP contribution in [0.1, 0.15) is 99.0 Å². The number of nitrogens with one attached hydrogen (secondary N) is 6. The molecule has 1 heterocycles. The number of ether oxygens (including phenoxy) is 1. The number of carbonyl (C=O) groups is 9. The number of carbonyl (C=O) groups excluding carboxylic acids is 7. The topological polar surface area (TPSA) is 343 Å². The maximum atomic E-state index is 14.4. The number of amides is 7. The lowest BCUT2D eigenvalue weighted by molar-refractivity contribution is -0.146. The van der Waals surface area contributed by atoms with Crippen molar-refractivity contribution in [2.45, 2.75) is 142 Å². The molecule has 1 aliphatic heterocycles. The number of methoxy groups -OCH3 is 1. The Labute approximate surface area is 428 Å². The number of aliphatic imine (C=N–C) groups is 1. The van der Waals surface area contributed by atoms with E-state index in [0.29, 0.717) is 18.4 Å². The molecule has 1 fully saturated rings. The number of hydrogen-bond acceptors (Lipinski definition) is 11. The molecule has 1 saturated heterocycles. The molecule has 0 radical (unpaired) electrons. The first-order chi connectivity index (χ1) is 34.2. The van der Waals surface area contributed by atoms with Crippen molar-refractivity contribution in [2.24, 2.45) is 40.1 Å². The average Bonchev–Trinajstić information content (AvgIpc) is 3.32. The molecule has 2 rings (SSSR count). The lowest BCUT2D eigenvalue weighted by atomic mass is 9.96. The standard InChI is InChI=1S/C51H78N10O12/c1-28(2)25-39-47(67)59-40(26-29(3)4)48(68)60-42(50(71)72)32(7)44(64)56-37(17-14-24-54-51(52)53)46(66)55-36(21-19-30(5)18-20-35(73-10)27-34-15-12-11-13-16-34)31(6)43(63)57-38(49(69)70)22-23-41(62)61(9)33(8)45(65)58-39/h11-13,15-16,18-19,21,28-29,31-32,35-40,42H,8,14,17,20,22-27H2,1-7,9-10H3,(H,55,66)(H,56,64)(H,57,63)(H,58,65)(H,59,67)(H,60,68)(H,69,70)(H,71,72)(H4,52,53,54)/b21-19+,30-18+/t31-,32-,35+,36-,37-,38+,39+,40-,42+/m0/s1. The predicted molar refractivity (Wildman–Crippen MR) is 274 cm³/mol. The third kappa shape index (κ3) is 21.7. The van der Waals surface area contributed by atoms with E-state index >= 15 is 0 Å². The minimum Gasteiger partial charge on any atom is -0.480 e. The molecule has 12 N–H and O–H groups in total. The summed E-state index contributed by atoms with van der Waals surface area (Å²) in [6.07, 6.45) is 5.20. The average molecular weight is 1020 g/mol. The van der Waals surface area contributed by atoms with Crippen molar-refractivity contribution in [3.63, 3.8) is 0 Å². The van der Waals surface area contributed by atoms with Crippen molar-refractivity contribution in [3.05, 3.63) is 72.0 Å². The number of hydrogen-bond donors (Lipinski definition) is 10. The van der Waals surface area contributed by atoms with Gasteiger partial charge < -0.3 is 63.2 Å². The number of nitrogens with zero attached hydrogens (tertiary/aromatic N) is 2. The van der Waals surface area contributed by atoms with E-state index in [1.807, 2.05) is 36.4 Å². The maximum Gasteiger partial charge on any atom is 0.327 e. The first-order valence-corrected chi connectivity index (χ1v) is 24.5. The molecule has 404 valence electrons. The van der Waals surface area contributed by atoms with Crippen LogP contribution in [0.25, 0.3) is 0 Å². The van der Waals surface area contributed by atoms with Gasteiger partial charge in [0.1, 0.15) is 35.9 Å². The second-order valence-corrected chi connectivity index (χ2v) is 19.2. The van der Waals surface area contributed by atoms with Crippen molar-refractivity contribution in [3.8, 4) is 0 Å². The van der Waals surface area contributed by atoms with Crippen LogP contribution in [0.3, 0.4) is 0 Å². The summed E-state index contributed by atoms with van der Waals surface area (Å²) in [5.41, 5.74) is 12.4. The van der Waals surface area contributed by atoms with Crippen molar-refractivity contribution >= 4 is 59.2 Å². The van der Waals surface area contributed by atoms with E-state index < -0.39 is 120 Å². The summed E-state index contributed by atoms with van der Waals surface area (Å²) in [5, 5.41) is 36.0. The van der Waals surface area contributed by atoms with Gasteiger partial charge in [-0.25, -0.2) is 9.59 Å². The molecule has 1 aliphatic rings. The van der Waals surface area contributed by atoms with Gasteiger partial charge in [0.2, 0.25) is 35.4 Å². The summed E-state index contributed by atoms with van der Waals surface area (Å²) in [6.45, 7) is 15.3. The van der Waals surface area contributed by atoms with Crippen molar-refractivity contribution in [2.75, 3.05) is 20.7 Å². The van der Waals surface area contributed by atoms with Crippen molar-refractivity contribution in [1.29, 1.82) is 0 Å². The number of nitrogens with two attached hydrogens (primary N) is 2. The van der Waals surface area contributed by atoms with Crippen LogP contribution in [0.15, 0.2) is 71.4 Å². The van der Waals surface area contributed by atoms with E-state index in [1.54, 1.807) is 47.8 Å². The zero-order valence-electron chi connectivity index (χ0n) is 43.6. The molecule has 0 unspecified atom stereocenters. The molecule has 0 spiro atoms. The van der Waals surface area contributed by atoms with Gasteiger partial charge in [-0.1, -0.05) is 102 Å². The molecular weight excluding hydrogens is 945 g/mol. The van der Waals surface area contributed by atoms with Crippen LogP contribution >= 0.6 is 0 Å². The van der Waals surface area contributed by atoms with Gasteiger partial charge >= 0.3 is 11.9 Å². The quantitative estimate of drug-likeness (QED) is 0.0347. The smallest absolute Gasteiger partial charge is 0.327 e. The highest BCUT2D eigenvalue weighted by molar-refractivity contribution is 6.00. The summed E-state index contributed by atoms with van der Waals surface area (Å²) in [4.78, 5) is 127. The Morgan fingerprint density at radius 2 is 1.37 bits per heavy atom. The first kappa shape index (κ1) is 62.0. The molecule has 0 saturated carbocycles. The fourth-order valence-corrected chi connectivity index (χ4v) is 7.65. The van der Waals surface area contributed by atoms with Crippen LogP contribution in [-0.4, -0.2) is 137 Å². The zero-order valence-corrected chi connectivity index (χ0v) is 43.6. The van der Waals surface area contributed by atoms with E-state index in [1.165, 1.54) is 27.0 Å². The summed E-state index contributed by atoms with van der Waals surface area (Å²) < 4.78 is 5.71. The molecular formula is C51H78N10O12. The molecule has 0 aromatic heterocycles. The molecule has 22 heteroatoms. The highest BCUT2D eigenvalue weighted by Crippen LogP contribution is 2.17. The van der Waals surface area contributed by atoms with Gasteiger partial charge in [-0.2, -0.15) is 0 Å². The highest BCUT2D eigenvalue weighted by atomic mass is 16.5. The number of carboxylic acids is 2. The molecule has 1 aromatic rings. The van der Waals surface area contributed by atoms with Gasteiger partial charge in [0.25, 0.3) is 5.91 Å². The van der Waals surface area contributed by atoms with Gasteiger partial charge in [0.15, 0.2) is 5.96 Å². The Morgan fingerprint density at radius 1 is 0.808 bits per heavy atom. The van der Waals surface area contributed by atoms with E-state index in [4.69, 9.17) is 16.2 Å². The summed E-state index contributed by atoms with van der Waals surface area (Å²) in [5.74, 6) is -12.5. The fourth-order valence-electron chi connectivity index (χ4n) is 7.65. The minimum absolute atomic E-state index is 0.00874. The van der Waals surface area contributed by atoms with Crippen LogP contribution in [0, 0.1) is 23.7 Å². The van der Waals surface area contributed by atoms with Crippen molar-refractivity contribution < 1.29 is 58.1 Å². The molecule has 0 aliphatic carbocycles. The molecule has 73 heavy (non-hydrogen) atoms. The third-order valence-corrected chi connectivity index (χ3v) is 12.2. The Morgan fingerprint density at radius 3 is 1.93 bits per heavy atom. The monoisotopic (exact) mass is 1020 g/mol. The normalized spacial score (nSPS) is 24.6. The Bertz CT molecular complexity index is 2190. The van der Waals surface area contributed by atoms with Crippen LogP contribution in [0.4, 0.5) is 0 Å². The molecule has 7 amide bonds. The second kappa shape index (κ2) is 30.7. The lowest BCUT2D eigenvalue weighted by Gasteiger charge is -2.29. The Kier molecular flexibility index (Phi) is 26.1. The molecule has 0 bridgehead atoms. The maximum absolute atomic E-state index is 14.4. The van der Waals surface area contributed by atoms with Crippen LogP contribution < -0.4 is 43.4 Å². The molecule has 9 atom stereocenters. The Balaban J connectivity index is 2.75. The predicted octanol–water partition coefficient (Wildman–Crippen LogP) is 1.40. The Hall–Kier alpha value is -7.10. The van der Waals surface area contributed by atoms with Gasteiger partial charge in [0, 0.05) is 27.1 Å². The van der Waals surface area contributed by atoms with E-state index in [2.05, 4.69) is 43.5 Å². The minimum atomic E-state index is -1.89. The second-order valence-electron chi connectivity index (χ2n) is 19.2. The largest absolute Gasteiger partial charge is 0.480 e. The number of aliphatic carboxylic acids is 2. The number of benzene rings is 1. The number of rotatable bonds is 17. The molecule has 22 nitrogen and oxygen atoms in total. The summed E-state index contributed by atoms with van der Waals surface area (Å²) in [6, 6.07) is 1.02. The zero-order chi connectivity index (χ0) is 55.1. The number of guanidine groups is 1. The van der Waals surface area contributed by atoms with Crippen LogP contribution in [0.2, 0.25) is 0 Å². The van der Waals surface area contributed by atoms with E-state index in [-0.39, 0.29) is 56.1 Å². The van der Waals surface area contributed by atoms with Crippen LogP contribution in [-0.2, 0) is 54.3 Å². The van der Waals surface area contributed by atoms with Gasteiger partial charge in [-0.15, -0.1) is 0 Å². The van der Waals surface area contributed by atoms with E-state index in [9.17, 15) is 53.4 Å². The number of carboxylic acid groups (broad SMARTS) is 2. The van der Waals surface area contributed by atoms with Gasteiger partial charge in [0.05, 0.1) is 24.0 Å². The number of allylic oxidation sites excluding steroid dienone is 2. The summed E-state index contributed by atoms with van der Waals surface area (Å²) >= 11 is 0.